The third kappa shape index (κ3) is 3.84. The van der Waals surface area contributed by atoms with Crippen LogP contribution in [0.2, 0.25) is 0 Å². The second-order valence-electron chi connectivity index (χ2n) is 5.06. The van der Waals surface area contributed by atoms with E-state index < -0.39 is 0 Å². The molecule has 5 nitrogen and oxygen atoms in total. The number of hydrogen-bond donors (Lipinski definition) is 0. The Hall–Kier alpha value is -2.47. The second-order valence-corrected chi connectivity index (χ2v) is 6.00. The molecule has 0 radical (unpaired) electrons. The van der Waals surface area contributed by atoms with E-state index in [1.54, 1.807) is 17.3 Å². The summed E-state index contributed by atoms with van der Waals surface area (Å²) in [6.45, 7) is 2.41. The summed E-state index contributed by atoms with van der Waals surface area (Å²) < 4.78 is 0. The van der Waals surface area contributed by atoms with Crippen molar-refractivity contribution >= 4 is 28.5 Å². The Balaban J connectivity index is 1.79. The van der Waals surface area contributed by atoms with Crippen LogP contribution in [0.15, 0.2) is 65.1 Å². The third-order valence-corrected chi connectivity index (χ3v) is 4.38. The number of amides is 1. The first-order valence-corrected chi connectivity index (χ1v) is 8.22. The Kier molecular flexibility index (Phi) is 4.83. The number of thioether (sulfide) groups is 1. The molecule has 2 heterocycles. The topological polar surface area (TPSA) is 57.9 Å². The highest BCUT2D eigenvalue weighted by atomic mass is 32.2. The van der Waals surface area contributed by atoms with Crippen LogP contribution >= 0.6 is 11.8 Å². The van der Waals surface area contributed by atoms with Crippen LogP contribution in [0.4, 0.5) is 0 Å². The van der Waals surface area contributed by atoms with Gasteiger partial charge in [-0.3, -0.25) is 14.7 Å². The number of carbonyl (C=O) groups is 1. The lowest BCUT2D eigenvalue weighted by Crippen LogP contribution is -2.28. The Bertz CT molecular complexity index is 744. The molecule has 1 fully saturated rings. The van der Waals surface area contributed by atoms with Gasteiger partial charge < -0.3 is 0 Å². The van der Waals surface area contributed by atoms with Gasteiger partial charge in [-0.25, -0.2) is 0 Å². The van der Waals surface area contributed by atoms with E-state index >= 15 is 0 Å². The maximum absolute atomic E-state index is 12.1. The number of rotatable bonds is 4. The molecule has 3 rings (SSSR count). The first-order valence-electron chi connectivity index (χ1n) is 7.24. The van der Waals surface area contributed by atoms with Crippen LogP contribution in [0, 0.1) is 0 Å². The van der Waals surface area contributed by atoms with Gasteiger partial charge >= 0.3 is 0 Å². The van der Waals surface area contributed by atoms with E-state index in [1.807, 2.05) is 49.4 Å². The van der Waals surface area contributed by atoms with Gasteiger partial charge in [0.05, 0.1) is 18.0 Å². The molecular weight excluding hydrogens is 308 g/mol. The van der Waals surface area contributed by atoms with Gasteiger partial charge in [-0.1, -0.05) is 42.1 Å². The monoisotopic (exact) mass is 324 g/mol. The van der Waals surface area contributed by atoms with Crippen LogP contribution < -0.4 is 0 Å². The summed E-state index contributed by atoms with van der Waals surface area (Å²) in [5.41, 5.74) is 2.83. The van der Waals surface area contributed by atoms with Gasteiger partial charge in [-0.2, -0.15) is 5.10 Å². The van der Waals surface area contributed by atoms with Crippen LogP contribution in [0.3, 0.4) is 0 Å². The van der Waals surface area contributed by atoms with Crippen molar-refractivity contribution in [3.63, 3.8) is 0 Å². The summed E-state index contributed by atoms with van der Waals surface area (Å²) in [5.74, 6) is 0.476. The van der Waals surface area contributed by atoms with Gasteiger partial charge in [0.25, 0.3) is 0 Å². The van der Waals surface area contributed by atoms with Gasteiger partial charge in [0.2, 0.25) is 5.91 Å². The zero-order valence-electron chi connectivity index (χ0n) is 12.7. The smallest absolute Gasteiger partial charge is 0.239 e. The van der Waals surface area contributed by atoms with Gasteiger partial charge in [-0.05, 0) is 24.6 Å². The molecule has 1 amide bonds. The molecule has 1 aromatic carbocycles. The number of hydrogen-bond acceptors (Lipinski definition) is 5. The Labute approximate surface area is 139 Å². The zero-order chi connectivity index (χ0) is 16.1. The molecular formula is C17H16N4OS. The van der Waals surface area contributed by atoms with E-state index in [-0.39, 0.29) is 5.91 Å². The highest BCUT2D eigenvalue weighted by molar-refractivity contribution is 8.15. The zero-order valence-corrected chi connectivity index (χ0v) is 13.5. The Morgan fingerprint density at radius 3 is 2.70 bits per heavy atom. The largest absolute Gasteiger partial charge is 0.285 e. The fraction of sp³-hybridized carbons (Fsp3) is 0.176. The minimum Gasteiger partial charge on any atom is -0.285 e. The normalized spacial score (nSPS) is 17.1. The predicted octanol–water partition coefficient (Wildman–Crippen LogP) is 2.94. The molecule has 1 saturated heterocycles. The van der Waals surface area contributed by atoms with Crippen molar-refractivity contribution in [2.45, 2.75) is 13.5 Å². The van der Waals surface area contributed by atoms with Crippen molar-refractivity contribution in [1.82, 2.24) is 9.88 Å². The SMILES string of the molecule is C/C(=N\N=C1\SCC(=O)N1Cc1ccccc1)c1ccncc1. The van der Waals surface area contributed by atoms with E-state index in [9.17, 15) is 4.79 Å². The summed E-state index contributed by atoms with van der Waals surface area (Å²) in [6, 6.07) is 13.7. The summed E-state index contributed by atoms with van der Waals surface area (Å²) in [4.78, 5) is 17.7. The molecule has 1 aliphatic heterocycles. The Morgan fingerprint density at radius 1 is 1.22 bits per heavy atom. The van der Waals surface area contributed by atoms with Crippen molar-refractivity contribution in [1.29, 1.82) is 0 Å². The molecule has 0 bridgehead atoms. The lowest BCUT2D eigenvalue weighted by atomic mass is 10.2. The molecule has 2 aromatic rings. The summed E-state index contributed by atoms with van der Waals surface area (Å²) in [6.07, 6.45) is 3.44. The van der Waals surface area contributed by atoms with Crippen LogP contribution in [-0.2, 0) is 11.3 Å². The van der Waals surface area contributed by atoms with Crippen molar-refractivity contribution in [2.24, 2.45) is 10.2 Å². The first-order chi connectivity index (χ1) is 11.2. The number of aromatic nitrogens is 1. The lowest BCUT2D eigenvalue weighted by molar-refractivity contribution is -0.124. The number of benzene rings is 1. The highest BCUT2D eigenvalue weighted by Crippen LogP contribution is 2.22. The lowest BCUT2D eigenvalue weighted by Gasteiger charge is -2.15. The van der Waals surface area contributed by atoms with Crippen LogP contribution in [0.5, 0.6) is 0 Å². The standard InChI is InChI=1S/C17H16N4OS/c1-13(15-7-9-18-10-8-15)19-20-17-21(16(22)12-23-17)11-14-5-3-2-4-6-14/h2-10H,11-12H2,1H3/b19-13+,20-17+. The number of nitrogens with zero attached hydrogens (tertiary/aromatic N) is 4. The van der Waals surface area contributed by atoms with E-state index in [1.165, 1.54) is 11.8 Å². The molecule has 23 heavy (non-hydrogen) atoms. The fourth-order valence-electron chi connectivity index (χ4n) is 2.16. The van der Waals surface area contributed by atoms with Crippen LogP contribution in [-0.4, -0.2) is 32.4 Å². The summed E-state index contributed by atoms with van der Waals surface area (Å²) >= 11 is 1.42. The fourth-order valence-corrected chi connectivity index (χ4v) is 2.99. The first kappa shape index (κ1) is 15.4. The molecule has 0 spiro atoms. The van der Waals surface area contributed by atoms with Crippen molar-refractivity contribution < 1.29 is 4.79 Å². The maximum atomic E-state index is 12.1. The average Bonchev–Trinajstić information content (AvgIpc) is 2.94. The number of pyridine rings is 1. The van der Waals surface area contributed by atoms with Gasteiger partial charge in [0.1, 0.15) is 0 Å². The summed E-state index contributed by atoms with van der Waals surface area (Å²) in [5, 5.41) is 9.19. The van der Waals surface area contributed by atoms with Gasteiger partial charge in [0.15, 0.2) is 5.17 Å². The third-order valence-electron chi connectivity index (χ3n) is 3.42. The van der Waals surface area contributed by atoms with Crippen molar-refractivity contribution in [2.75, 3.05) is 5.75 Å². The van der Waals surface area contributed by atoms with E-state index in [0.717, 1.165) is 16.8 Å². The average molecular weight is 324 g/mol. The molecule has 0 N–H and O–H groups in total. The summed E-state index contributed by atoms with van der Waals surface area (Å²) in [7, 11) is 0. The molecule has 0 unspecified atom stereocenters. The van der Waals surface area contributed by atoms with Crippen molar-refractivity contribution in [3.8, 4) is 0 Å². The van der Waals surface area contributed by atoms with E-state index in [4.69, 9.17) is 0 Å². The predicted molar refractivity (Wildman–Crippen MR) is 93.3 cm³/mol. The quantitative estimate of drug-likeness (QED) is 0.642. The minimum atomic E-state index is 0.0642. The highest BCUT2D eigenvalue weighted by Gasteiger charge is 2.28. The van der Waals surface area contributed by atoms with Crippen LogP contribution in [0.25, 0.3) is 0 Å². The maximum Gasteiger partial charge on any atom is 0.239 e. The number of amidine groups is 1. The molecule has 6 heteroatoms. The van der Waals surface area contributed by atoms with Crippen molar-refractivity contribution in [3.05, 3.63) is 66.0 Å². The van der Waals surface area contributed by atoms with Gasteiger partial charge in [-0.15, -0.1) is 5.10 Å². The van der Waals surface area contributed by atoms with Gasteiger partial charge in [0, 0.05) is 18.0 Å². The molecule has 116 valence electrons. The molecule has 0 atom stereocenters. The molecule has 1 aromatic heterocycles. The second kappa shape index (κ2) is 7.19. The minimum absolute atomic E-state index is 0.0642. The molecule has 1 aliphatic rings. The van der Waals surface area contributed by atoms with E-state index in [2.05, 4.69) is 15.2 Å². The number of carbonyl (C=O) groups excluding carboxylic acids is 1. The van der Waals surface area contributed by atoms with Crippen LogP contribution in [0.1, 0.15) is 18.1 Å². The Morgan fingerprint density at radius 2 is 1.96 bits per heavy atom. The molecule has 0 saturated carbocycles. The molecule has 0 aliphatic carbocycles. The van der Waals surface area contributed by atoms with E-state index in [0.29, 0.717) is 17.5 Å².